The zero-order chi connectivity index (χ0) is 10.4. The van der Waals surface area contributed by atoms with Gasteiger partial charge in [-0.25, -0.2) is 0 Å². The summed E-state index contributed by atoms with van der Waals surface area (Å²) in [5.41, 5.74) is 0.916. The third-order valence-electron chi connectivity index (χ3n) is 1.70. The first-order chi connectivity index (χ1) is 6.72. The lowest BCUT2D eigenvalue weighted by atomic mass is 10.1. The Bertz CT molecular complexity index is 336. The van der Waals surface area contributed by atoms with E-state index < -0.39 is 0 Å². The van der Waals surface area contributed by atoms with Crippen molar-refractivity contribution in [2.45, 2.75) is 6.42 Å². The molecule has 0 aliphatic rings. The zero-order valence-electron chi connectivity index (χ0n) is 7.79. The molecule has 0 atom stereocenters. The largest absolute Gasteiger partial charge is 0.352 e. The molecule has 14 heavy (non-hydrogen) atoms. The second-order valence-electron chi connectivity index (χ2n) is 2.90. The molecule has 2 nitrogen and oxygen atoms in total. The van der Waals surface area contributed by atoms with E-state index in [0.717, 1.165) is 5.56 Å². The standard InChI is InChI=1S/C11H12ClNO/c1-2-6-13-11(14)8-9-4-3-5-10(12)7-9/h2-5,7H,1,6,8H2,(H,13,14). The molecule has 1 aromatic rings. The highest BCUT2D eigenvalue weighted by Crippen LogP contribution is 2.10. The second-order valence-corrected chi connectivity index (χ2v) is 3.34. The Morgan fingerprint density at radius 3 is 3.00 bits per heavy atom. The van der Waals surface area contributed by atoms with Crippen LogP contribution in [0.2, 0.25) is 5.02 Å². The highest BCUT2D eigenvalue weighted by atomic mass is 35.5. The number of carbonyl (C=O) groups excluding carboxylic acids is 1. The van der Waals surface area contributed by atoms with Crippen LogP contribution in [0.3, 0.4) is 0 Å². The molecule has 1 N–H and O–H groups in total. The molecule has 0 unspecified atom stereocenters. The fourth-order valence-corrected chi connectivity index (χ4v) is 1.29. The molecule has 0 aliphatic heterocycles. The monoisotopic (exact) mass is 209 g/mol. The molecule has 1 aromatic carbocycles. The first-order valence-corrected chi connectivity index (χ1v) is 4.72. The van der Waals surface area contributed by atoms with Crippen LogP contribution < -0.4 is 5.32 Å². The number of nitrogens with one attached hydrogen (secondary N) is 1. The highest BCUT2D eigenvalue weighted by Gasteiger charge is 2.01. The van der Waals surface area contributed by atoms with Gasteiger partial charge in [-0.15, -0.1) is 6.58 Å². The van der Waals surface area contributed by atoms with Crippen LogP contribution in [0.4, 0.5) is 0 Å². The van der Waals surface area contributed by atoms with Crippen LogP contribution in [0.25, 0.3) is 0 Å². The summed E-state index contributed by atoms with van der Waals surface area (Å²) in [5, 5.41) is 3.35. The van der Waals surface area contributed by atoms with Gasteiger partial charge < -0.3 is 5.32 Å². The Labute approximate surface area is 88.6 Å². The van der Waals surface area contributed by atoms with E-state index in [1.807, 2.05) is 12.1 Å². The van der Waals surface area contributed by atoms with Gasteiger partial charge in [0.2, 0.25) is 5.91 Å². The molecule has 0 aromatic heterocycles. The van der Waals surface area contributed by atoms with Crippen molar-refractivity contribution >= 4 is 17.5 Å². The van der Waals surface area contributed by atoms with Crippen molar-refractivity contribution < 1.29 is 4.79 Å². The maximum absolute atomic E-state index is 11.3. The van der Waals surface area contributed by atoms with E-state index in [1.54, 1.807) is 18.2 Å². The molecular formula is C11H12ClNO. The summed E-state index contributed by atoms with van der Waals surface area (Å²) in [7, 11) is 0. The molecule has 0 saturated carbocycles. The molecule has 0 spiro atoms. The number of amides is 1. The Balaban J connectivity index is 2.51. The van der Waals surface area contributed by atoms with Gasteiger partial charge in [0.15, 0.2) is 0 Å². The van der Waals surface area contributed by atoms with E-state index in [0.29, 0.717) is 18.0 Å². The Morgan fingerprint density at radius 2 is 2.36 bits per heavy atom. The van der Waals surface area contributed by atoms with Gasteiger partial charge in [0.1, 0.15) is 0 Å². The van der Waals surface area contributed by atoms with Crippen molar-refractivity contribution in [3.8, 4) is 0 Å². The van der Waals surface area contributed by atoms with Crippen LogP contribution >= 0.6 is 11.6 Å². The van der Waals surface area contributed by atoms with Gasteiger partial charge in [0.05, 0.1) is 6.42 Å². The average molecular weight is 210 g/mol. The summed E-state index contributed by atoms with van der Waals surface area (Å²) < 4.78 is 0. The molecule has 1 rings (SSSR count). The quantitative estimate of drug-likeness (QED) is 0.757. The maximum atomic E-state index is 11.3. The van der Waals surface area contributed by atoms with Gasteiger partial charge in [0.25, 0.3) is 0 Å². The summed E-state index contributed by atoms with van der Waals surface area (Å²) in [6.07, 6.45) is 2.00. The summed E-state index contributed by atoms with van der Waals surface area (Å²) >= 11 is 5.78. The topological polar surface area (TPSA) is 29.1 Å². The average Bonchev–Trinajstić information content (AvgIpc) is 2.15. The molecular weight excluding hydrogens is 198 g/mol. The number of rotatable bonds is 4. The SMILES string of the molecule is C=CCNC(=O)Cc1cccc(Cl)c1. The van der Waals surface area contributed by atoms with Crippen molar-refractivity contribution in [2.75, 3.05) is 6.54 Å². The first kappa shape index (κ1) is 10.8. The highest BCUT2D eigenvalue weighted by molar-refractivity contribution is 6.30. The number of benzene rings is 1. The molecule has 0 fully saturated rings. The normalized spacial score (nSPS) is 9.50. The summed E-state index contributed by atoms with van der Waals surface area (Å²) in [5.74, 6) is -0.0211. The van der Waals surface area contributed by atoms with E-state index in [-0.39, 0.29) is 5.91 Å². The van der Waals surface area contributed by atoms with Crippen molar-refractivity contribution in [3.63, 3.8) is 0 Å². The van der Waals surface area contributed by atoms with Gasteiger partial charge in [-0.05, 0) is 17.7 Å². The fraction of sp³-hybridized carbons (Fsp3) is 0.182. The summed E-state index contributed by atoms with van der Waals surface area (Å²) in [6.45, 7) is 4.02. The molecule has 0 radical (unpaired) electrons. The van der Waals surface area contributed by atoms with Crippen molar-refractivity contribution in [2.24, 2.45) is 0 Å². The van der Waals surface area contributed by atoms with E-state index in [4.69, 9.17) is 11.6 Å². The smallest absolute Gasteiger partial charge is 0.224 e. The lowest BCUT2D eigenvalue weighted by Crippen LogP contribution is -2.24. The molecule has 1 amide bonds. The molecule has 0 saturated heterocycles. The predicted molar refractivity (Wildman–Crippen MR) is 58.4 cm³/mol. The lowest BCUT2D eigenvalue weighted by Gasteiger charge is -2.02. The predicted octanol–water partition coefficient (Wildman–Crippen LogP) is 2.18. The Morgan fingerprint density at radius 1 is 1.57 bits per heavy atom. The molecule has 3 heteroatoms. The molecule has 0 aliphatic carbocycles. The molecule has 0 bridgehead atoms. The number of hydrogen-bond acceptors (Lipinski definition) is 1. The van der Waals surface area contributed by atoms with Gasteiger partial charge in [0, 0.05) is 11.6 Å². The van der Waals surface area contributed by atoms with Crippen molar-refractivity contribution in [1.29, 1.82) is 0 Å². The van der Waals surface area contributed by atoms with Crippen molar-refractivity contribution in [1.82, 2.24) is 5.32 Å². The van der Waals surface area contributed by atoms with Crippen LogP contribution in [0.5, 0.6) is 0 Å². The Kier molecular flexibility index (Phi) is 4.20. The first-order valence-electron chi connectivity index (χ1n) is 4.34. The van der Waals surface area contributed by atoms with E-state index in [1.165, 1.54) is 0 Å². The summed E-state index contributed by atoms with van der Waals surface area (Å²) in [4.78, 5) is 11.3. The third kappa shape index (κ3) is 3.62. The summed E-state index contributed by atoms with van der Waals surface area (Å²) in [6, 6.07) is 7.28. The van der Waals surface area contributed by atoms with Gasteiger partial charge >= 0.3 is 0 Å². The number of halogens is 1. The Hall–Kier alpha value is -1.28. The van der Waals surface area contributed by atoms with Gasteiger partial charge in [-0.3, -0.25) is 4.79 Å². The maximum Gasteiger partial charge on any atom is 0.224 e. The van der Waals surface area contributed by atoms with E-state index >= 15 is 0 Å². The van der Waals surface area contributed by atoms with E-state index in [9.17, 15) is 4.79 Å². The fourth-order valence-electron chi connectivity index (χ4n) is 1.08. The lowest BCUT2D eigenvalue weighted by molar-refractivity contribution is -0.120. The van der Waals surface area contributed by atoms with Crippen LogP contribution in [-0.2, 0) is 11.2 Å². The van der Waals surface area contributed by atoms with Crippen LogP contribution in [0.15, 0.2) is 36.9 Å². The minimum absolute atomic E-state index is 0.0211. The van der Waals surface area contributed by atoms with Crippen LogP contribution in [0, 0.1) is 0 Å². The number of carbonyl (C=O) groups is 1. The molecule has 0 heterocycles. The number of hydrogen-bond donors (Lipinski definition) is 1. The second kappa shape index (κ2) is 5.45. The van der Waals surface area contributed by atoms with Crippen LogP contribution in [0.1, 0.15) is 5.56 Å². The zero-order valence-corrected chi connectivity index (χ0v) is 8.55. The third-order valence-corrected chi connectivity index (χ3v) is 1.93. The minimum Gasteiger partial charge on any atom is -0.352 e. The van der Waals surface area contributed by atoms with Gasteiger partial charge in [-0.2, -0.15) is 0 Å². The van der Waals surface area contributed by atoms with E-state index in [2.05, 4.69) is 11.9 Å². The minimum atomic E-state index is -0.0211. The molecule has 74 valence electrons. The van der Waals surface area contributed by atoms with Gasteiger partial charge in [-0.1, -0.05) is 29.8 Å². The van der Waals surface area contributed by atoms with Crippen LogP contribution in [-0.4, -0.2) is 12.5 Å². The van der Waals surface area contributed by atoms with Crippen molar-refractivity contribution in [3.05, 3.63) is 47.5 Å².